The van der Waals surface area contributed by atoms with Crippen molar-refractivity contribution in [3.63, 3.8) is 0 Å². The zero-order valence-corrected chi connectivity index (χ0v) is 19.7. The number of halogens is 1. The van der Waals surface area contributed by atoms with Crippen LogP contribution in [-0.4, -0.2) is 115 Å². The normalized spacial score (nSPS) is 38.2. The quantitative estimate of drug-likeness (QED) is 0.234. The van der Waals surface area contributed by atoms with Crippen LogP contribution in [0.25, 0.3) is 11.0 Å². The van der Waals surface area contributed by atoms with Gasteiger partial charge in [0.05, 0.1) is 24.1 Å². The molecule has 4 rings (SSSR count). The van der Waals surface area contributed by atoms with E-state index in [1.165, 1.54) is 29.4 Å². The molecule has 2 saturated heterocycles. The van der Waals surface area contributed by atoms with E-state index in [4.69, 9.17) is 30.5 Å². The third kappa shape index (κ3) is 4.74. The van der Waals surface area contributed by atoms with Gasteiger partial charge in [0, 0.05) is 19.2 Å². The fourth-order valence-electron chi connectivity index (χ4n) is 4.70. The number of imidazole rings is 1. The van der Waals surface area contributed by atoms with Crippen LogP contribution in [0, 0.1) is 0 Å². The van der Waals surface area contributed by atoms with Gasteiger partial charge in [0.25, 0.3) is 0 Å². The molecule has 2 fully saturated rings. The van der Waals surface area contributed by atoms with Gasteiger partial charge in [0.15, 0.2) is 12.6 Å². The molecule has 10 unspecified atom stereocenters. The van der Waals surface area contributed by atoms with Gasteiger partial charge in [-0.15, -0.1) is 0 Å². The molecule has 0 saturated carbocycles. The van der Waals surface area contributed by atoms with Crippen LogP contribution in [-0.2, 0) is 32.0 Å². The van der Waals surface area contributed by atoms with Gasteiger partial charge in [-0.1, -0.05) is 11.6 Å². The second-order valence-corrected chi connectivity index (χ2v) is 9.07. The molecule has 0 radical (unpaired) electrons. The summed E-state index contributed by atoms with van der Waals surface area (Å²) in [5, 5.41) is 61.7. The summed E-state index contributed by atoms with van der Waals surface area (Å²) in [5.74, 6) is 0. The second kappa shape index (κ2) is 10.4. The van der Waals surface area contributed by atoms with E-state index in [1.54, 1.807) is 12.1 Å². The number of benzene rings is 1. The summed E-state index contributed by atoms with van der Waals surface area (Å²) < 4.78 is 23.4. The number of ether oxygens (including phenoxy) is 4. The van der Waals surface area contributed by atoms with Crippen molar-refractivity contribution in [2.45, 2.75) is 74.5 Å². The first-order valence-electron chi connectivity index (χ1n) is 10.9. The van der Waals surface area contributed by atoms with E-state index in [0.717, 1.165) is 0 Å². The summed E-state index contributed by atoms with van der Waals surface area (Å²) in [5.41, 5.74) is 0.180. The van der Waals surface area contributed by atoms with Crippen LogP contribution < -0.4 is 5.69 Å². The number of aliphatic hydroxyl groups excluding tert-OH is 6. The van der Waals surface area contributed by atoms with Gasteiger partial charge < -0.3 is 49.6 Å². The van der Waals surface area contributed by atoms with Gasteiger partial charge in [-0.2, -0.15) is 0 Å². The van der Waals surface area contributed by atoms with E-state index in [0.29, 0.717) is 16.1 Å². The molecule has 196 valence electrons. The monoisotopic (exact) mass is 520 g/mol. The molecular formula is C21H29ClN2O11. The molecule has 0 bridgehead atoms. The predicted molar refractivity (Wildman–Crippen MR) is 119 cm³/mol. The summed E-state index contributed by atoms with van der Waals surface area (Å²) in [4.78, 5) is 13.5. The average molecular weight is 521 g/mol. The number of nitrogens with zero attached hydrogens (tertiary/aromatic N) is 2. The molecule has 0 spiro atoms. The Morgan fingerprint density at radius 3 is 1.71 bits per heavy atom. The molecule has 35 heavy (non-hydrogen) atoms. The van der Waals surface area contributed by atoms with Crippen molar-refractivity contribution in [2.24, 2.45) is 0 Å². The largest absolute Gasteiger partial charge is 0.388 e. The summed E-state index contributed by atoms with van der Waals surface area (Å²) >= 11 is 6.16. The highest BCUT2D eigenvalue weighted by molar-refractivity contribution is 6.31. The molecule has 13 nitrogen and oxygen atoms in total. The fourth-order valence-corrected chi connectivity index (χ4v) is 4.86. The lowest BCUT2D eigenvalue weighted by atomic mass is 9.98. The Morgan fingerprint density at radius 1 is 0.800 bits per heavy atom. The molecule has 1 aromatic heterocycles. The first-order chi connectivity index (χ1) is 16.6. The van der Waals surface area contributed by atoms with Gasteiger partial charge in [-0.3, -0.25) is 9.13 Å². The Hall–Kier alpha value is -1.62. The highest BCUT2D eigenvalue weighted by atomic mass is 35.5. The van der Waals surface area contributed by atoms with Gasteiger partial charge >= 0.3 is 5.69 Å². The van der Waals surface area contributed by atoms with Crippen LogP contribution in [0.3, 0.4) is 0 Å². The molecule has 14 heteroatoms. The zero-order valence-electron chi connectivity index (χ0n) is 18.9. The highest BCUT2D eigenvalue weighted by Crippen LogP contribution is 2.27. The molecule has 2 aliphatic heterocycles. The summed E-state index contributed by atoms with van der Waals surface area (Å²) in [7, 11) is 2.53. The number of aromatic nitrogens is 2. The van der Waals surface area contributed by atoms with Crippen molar-refractivity contribution in [1.29, 1.82) is 0 Å². The number of hydrogen-bond donors (Lipinski definition) is 6. The number of methoxy groups -OCH3 is 2. The molecule has 2 aliphatic rings. The lowest BCUT2D eigenvalue weighted by molar-refractivity contribution is -0.288. The van der Waals surface area contributed by atoms with Crippen molar-refractivity contribution in [1.82, 2.24) is 9.13 Å². The molecule has 0 aliphatic carbocycles. The number of hydrogen-bond acceptors (Lipinski definition) is 11. The van der Waals surface area contributed by atoms with Crippen LogP contribution in [0.5, 0.6) is 0 Å². The highest BCUT2D eigenvalue weighted by Gasteiger charge is 2.46. The minimum absolute atomic E-state index is 0.217. The van der Waals surface area contributed by atoms with E-state index in [2.05, 4.69) is 0 Å². The number of fused-ring (bicyclic) bond motifs is 1. The summed E-state index contributed by atoms with van der Waals surface area (Å²) in [6.45, 7) is -0.450. The van der Waals surface area contributed by atoms with E-state index >= 15 is 0 Å². The van der Waals surface area contributed by atoms with Gasteiger partial charge in [0.2, 0.25) is 0 Å². The number of rotatable bonds is 6. The van der Waals surface area contributed by atoms with Crippen molar-refractivity contribution in [3.05, 3.63) is 33.7 Å². The Kier molecular flexibility index (Phi) is 7.85. The molecular weight excluding hydrogens is 492 g/mol. The maximum Gasteiger partial charge on any atom is 0.329 e. The minimum Gasteiger partial charge on any atom is -0.388 e. The van der Waals surface area contributed by atoms with Crippen molar-refractivity contribution < 1.29 is 49.6 Å². The average Bonchev–Trinajstić information content (AvgIpc) is 3.06. The smallest absolute Gasteiger partial charge is 0.329 e. The second-order valence-electron chi connectivity index (χ2n) is 8.63. The predicted octanol–water partition coefficient (Wildman–Crippen LogP) is -2.64. The van der Waals surface area contributed by atoms with Crippen LogP contribution in [0.2, 0.25) is 5.02 Å². The molecule has 2 aromatic rings. The van der Waals surface area contributed by atoms with Crippen LogP contribution >= 0.6 is 11.6 Å². The van der Waals surface area contributed by atoms with Crippen LogP contribution in [0.15, 0.2) is 23.0 Å². The van der Waals surface area contributed by atoms with E-state index < -0.39 is 67.1 Å². The Balaban J connectivity index is 1.70. The van der Waals surface area contributed by atoms with E-state index in [9.17, 15) is 35.4 Å². The van der Waals surface area contributed by atoms with Crippen molar-refractivity contribution >= 4 is 22.6 Å². The van der Waals surface area contributed by atoms with Gasteiger partial charge in [0.1, 0.15) is 48.8 Å². The first kappa shape index (κ1) is 26.4. The summed E-state index contributed by atoms with van der Waals surface area (Å²) in [6.07, 6.45) is -13.5. The molecule has 1 aromatic carbocycles. The fraction of sp³-hybridized carbons (Fsp3) is 0.667. The van der Waals surface area contributed by atoms with Crippen molar-refractivity contribution in [2.75, 3.05) is 14.2 Å². The maximum absolute atomic E-state index is 13.5. The lowest BCUT2D eigenvalue weighted by Gasteiger charge is -2.40. The van der Waals surface area contributed by atoms with Crippen molar-refractivity contribution in [3.8, 4) is 0 Å². The number of aliphatic hydroxyl groups is 6. The Labute approximate surface area is 204 Å². The molecule has 3 heterocycles. The minimum atomic E-state index is -1.65. The van der Waals surface area contributed by atoms with Gasteiger partial charge in [-0.05, 0) is 18.2 Å². The zero-order chi connectivity index (χ0) is 25.6. The molecule has 10 atom stereocenters. The standard InChI is InChI=1S/C21H29ClN2O11/c1-32-17-13(25)11(34-19(29)15(17)27)6-23-9-4-3-8(22)5-10(9)24(21(23)31)7-12-14(26)18(33-2)16(28)20(30)35-12/h3-5,11-20,25-30H,6-7H2,1-2H3. The van der Waals surface area contributed by atoms with Crippen LogP contribution in [0.1, 0.15) is 0 Å². The summed E-state index contributed by atoms with van der Waals surface area (Å²) in [6, 6.07) is 4.67. The third-order valence-corrected chi connectivity index (χ3v) is 6.81. The Morgan fingerprint density at radius 2 is 1.26 bits per heavy atom. The third-order valence-electron chi connectivity index (χ3n) is 6.57. The molecule has 0 amide bonds. The lowest BCUT2D eigenvalue weighted by Crippen LogP contribution is -2.60. The maximum atomic E-state index is 13.5. The van der Waals surface area contributed by atoms with E-state index in [1.807, 2.05) is 0 Å². The van der Waals surface area contributed by atoms with Crippen LogP contribution in [0.4, 0.5) is 0 Å². The Bertz CT molecular complexity index is 1090. The van der Waals surface area contributed by atoms with Gasteiger partial charge in [-0.25, -0.2) is 4.79 Å². The SMILES string of the molecule is COC1C(O)C(O)OC(Cn2c(=O)n(CC3OC(O)C(O)C(OC)C3O)c3cc(Cl)ccc32)C1O. The topological polar surface area (TPSA) is 185 Å². The molecule has 6 N–H and O–H groups in total. The first-order valence-corrected chi connectivity index (χ1v) is 11.3. The van der Waals surface area contributed by atoms with E-state index in [-0.39, 0.29) is 13.1 Å².